The normalized spacial score (nSPS) is 22.8. The third kappa shape index (κ3) is 2.31. The van der Waals surface area contributed by atoms with Gasteiger partial charge >= 0.3 is 0 Å². The van der Waals surface area contributed by atoms with Crippen molar-refractivity contribution in [3.8, 4) is 0 Å². The van der Waals surface area contributed by atoms with Crippen LogP contribution in [0, 0.1) is 5.92 Å². The molecule has 4 aromatic rings. The minimum atomic E-state index is 0.280. The Morgan fingerprint density at radius 3 is 2.29 bits per heavy atom. The van der Waals surface area contributed by atoms with Gasteiger partial charge in [0.25, 0.3) is 0 Å². The molecule has 1 aliphatic carbocycles. The second-order valence-electron chi connectivity index (χ2n) is 7.91. The fourth-order valence-electron chi connectivity index (χ4n) is 5.25. The minimum Gasteiger partial charge on any atom is -0.377 e. The number of benzene rings is 4. The van der Waals surface area contributed by atoms with Gasteiger partial charge in [0.1, 0.15) is 0 Å². The molecule has 1 heterocycles. The van der Waals surface area contributed by atoms with Gasteiger partial charge in [-0.05, 0) is 73.1 Å². The van der Waals surface area contributed by atoms with Gasteiger partial charge in [-0.25, -0.2) is 0 Å². The highest BCUT2D eigenvalue weighted by Crippen LogP contribution is 2.53. The van der Waals surface area contributed by atoms with Crippen molar-refractivity contribution in [2.45, 2.75) is 18.4 Å². The molecule has 0 saturated carbocycles. The zero-order valence-corrected chi connectivity index (χ0v) is 17.0. The molecule has 0 amide bonds. The Morgan fingerprint density at radius 1 is 0.821 bits per heavy atom. The highest BCUT2D eigenvalue weighted by Gasteiger charge is 2.39. The van der Waals surface area contributed by atoms with Crippen LogP contribution in [0.2, 0.25) is 0 Å². The first-order valence-electron chi connectivity index (χ1n) is 9.93. The molecular weight excluding hydrogens is 406 g/mol. The maximum atomic E-state index is 3.95. The summed E-state index contributed by atoms with van der Waals surface area (Å²) in [5.41, 5.74) is 4.10. The van der Waals surface area contributed by atoms with Crippen LogP contribution in [0.5, 0.6) is 0 Å². The first-order valence-corrected chi connectivity index (χ1v) is 10.7. The van der Waals surface area contributed by atoms with E-state index < -0.39 is 0 Å². The van der Waals surface area contributed by atoms with Crippen molar-refractivity contribution in [3.05, 3.63) is 101 Å². The number of anilines is 1. The average Bonchev–Trinajstić information content (AvgIpc) is 3.22. The molecule has 0 aromatic heterocycles. The number of allylic oxidation sites excluding steroid dienone is 2. The number of fused-ring (bicyclic) bond motifs is 5. The SMILES string of the molecule is Brc1cccc2c1NC(c1c3ccccc3cc3ccccc13)C1CC=CC21. The van der Waals surface area contributed by atoms with Gasteiger partial charge in [-0.2, -0.15) is 0 Å². The second-order valence-corrected chi connectivity index (χ2v) is 8.77. The van der Waals surface area contributed by atoms with Crippen LogP contribution in [-0.2, 0) is 0 Å². The van der Waals surface area contributed by atoms with E-state index in [4.69, 9.17) is 0 Å². The van der Waals surface area contributed by atoms with E-state index in [1.54, 1.807) is 0 Å². The van der Waals surface area contributed by atoms with Crippen LogP contribution in [-0.4, -0.2) is 0 Å². The van der Waals surface area contributed by atoms with E-state index in [0.717, 1.165) is 10.9 Å². The molecule has 0 saturated heterocycles. The lowest BCUT2D eigenvalue weighted by Crippen LogP contribution is -2.29. The van der Waals surface area contributed by atoms with Crippen LogP contribution >= 0.6 is 15.9 Å². The largest absolute Gasteiger partial charge is 0.377 e. The molecule has 1 aliphatic heterocycles. The third-order valence-corrected chi connectivity index (χ3v) is 7.13. The lowest BCUT2D eigenvalue weighted by Gasteiger charge is -2.39. The highest BCUT2D eigenvalue weighted by atomic mass is 79.9. The summed E-state index contributed by atoms with van der Waals surface area (Å²) in [5.74, 6) is 1.01. The lowest BCUT2D eigenvalue weighted by molar-refractivity contribution is 0.429. The van der Waals surface area contributed by atoms with Gasteiger partial charge in [-0.15, -0.1) is 0 Å². The van der Waals surface area contributed by atoms with Gasteiger partial charge in [0.2, 0.25) is 0 Å². The fraction of sp³-hybridized carbons (Fsp3) is 0.154. The summed E-state index contributed by atoms with van der Waals surface area (Å²) < 4.78 is 1.15. The van der Waals surface area contributed by atoms with Crippen LogP contribution in [0.15, 0.2) is 89.4 Å². The second kappa shape index (κ2) is 6.22. The Hall–Kier alpha value is -2.58. The Bertz CT molecular complexity index is 1200. The predicted molar refractivity (Wildman–Crippen MR) is 122 cm³/mol. The van der Waals surface area contributed by atoms with E-state index in [-0.39, 0.29) is 6.04 Å². The molecule has 2 aliphatic rings. The molecule has 1 N–H and O–H groups in total. The van der Waals surface area contributed by atoms with Gasteiger partial charge < -0.3 is 5.32 Å². The van der Waals surface area contributed by atoms with Gasteiger partial charge in [0.05, 0.1) is 11.7 Å². The van der Waals surface area contributed by atoms with Crippen LogP contribution < -0.4 is 5.32 Å². The molecule has 3 unspecified atom stereocenters. The molecule has 3 atom stereocenters. The quantitative estimate of drug-likeness (QED) is 0.244. The van der Waals surface area contributed by atoms with Gasteiger partial charge in [-0.1, -0.05) is 72.8 Å². The number of para-hydroxylation sites is 1. The van der Waals surface area contributed by atoms with Crippen LogP contribution in [0.4, 0.5) is 5.69 Å². The molecule has 136 valence electrons. The number of halogens is 1. The Balaban J connectivity index is 1.66. The average molecular weight is 426 g/mol. The molecule has 0 radical (unpaired) electrons. The maximum Gasteiger partial charge on any atom is 0.0566 e. The molecular formula is C26H20BrN. The third-order valence-electron chi connectivity index (χ3n) is 6.47. The van der Waals surface area contributed by atoms with E-state index in [0.29, 0.717) is 11.8 Å². The summed E-state index contributed by atoms with van der Waals surface area (Å²) in [4.78, 5) is 0. The molecule has 4 aromatic carbocycles. The number of nitrogens with one attached hydrogen (secondary N) is 1. The van der Waals surface area contributed by atoms with Crippen molar-refractivity contribution in [1.29, 1.82) is 0 Å². The summed E-state index contributed by atoms with van der Waals surface area (Å²) in [7, 11) is 0. The highest BCUT2D eigenvalue weighted by molar-refractivity contribution is 9.10. The minimum absolute atomic E-state index is 0.280. The van der Waals surface area contributed by atoms with E-state index in [1.807, 2.05) is 0 Å². The number of hydrogen-bond acceptors (Lipinski definition) is 1. The smallest absolute Gasteiger partial charge is 0.0566 e. The van der Waals surface area contributed by atoms with Crippen molar-refractivity contribution in [1.82, 2.24) is 0 Å². The van der Waals surface area contributed by atoms with Gasteiger partial charge in [-0.3, -0.25) is 0 Å². The monoisotopic (exact) mass is 425 g/mol. The van der Waals surface area contributed by atoms with E-state index in [1.165, 1.54) is 38.4 Å². The molecule has 6 rings (SSSR count). The molecule has 28 heavy (non-hydrogen) atoms. The standard InChI is InChI=1S/C26H20BrN/c27-23-14-6-13-21-20-11-5-12-22(20)26(28-25(21)23)24-18-9-3-1-7-16(18)15-17-8-2-4-10-19(17)24/h1-11,13-15,20,22,26,28H,12H2. The summed E-state index contributed by atoms with van der Waals surface area (Å²) in [6.07, 6.45) is 5.90. The van der Waals surface area contributed by atoms with Crippen molar-refractivity contribution in [2.24, 2.45) is 5.92 Å². The molecule has 0 fully saturated rings. The van der Waals surface area contributed by atoms with Crippen molar-refractivity contribution >= 4 is 43.2 Å². The van der Waals surface area contributed by atoms with Gasteiger partial charge in [0.15, 0.2) is 0 Å². The van der Waals surface area contributed by atoms with Crippen molar-refractivity contribution in [2.75, 3.05) is 5.32 Å². The van der Waals surface area contributed by atoms with Gasteiger partial charge in [0, 0.05) is 10.4 Å². The Labute approximate surface area is 173 Å². The van der Waals surface area contributed by atoms with Crippen molar-refractivity contribution < 1.29 is 0 Å². The summed E-state index contributed by atoms with van der Waals surface area (Å²) >= 11 is 3.79. The van der Waals surface area contributed by atoms with E-state index in [2.05, 4.69) is 106 Å². The molecule has 1 nitrogen and oxygen atoms in total. The van der Waals surface area contributed by atoms with E-state index in [9.17, 15) is 0 Å². The van der Waals surface area contributed by atoms with Crippen molar-refractivity contribution in [3.63, 3.8) is 0 Å². The predicted octanol–water partition coefficient (Wildman–Crippen LogP) is 7.58. The zero-order valence-electron chi connectivity index (χ0n) is 15.4. The number of hydrogen-bond donors (Lipinski definition) is 1. The topological polar surface area (TPSA) is 12.0 Å². The Morgan fingerprint density at radius 2 is 1.54 bits per heavy atom. The first kappa shape index (κ1) is 16.4. The van der Waals surface area contributed by atoms with Crippen LogP contribution in [0.25, 0.3) is 21.5 Å². The lowest BCUT2D eigenvalue weighted by atomic mass is 9.75. The van der Waals surface area contributed by atoms with Crippen LogP contribution in [0.3, 0.4) is 0 Å². The molecule has 0 spiro atoms. The fourth-order valence-corrected chi connectivity index (χ4v) is 5.75. The maximum absolute atomic E-state index is 3.95. The van der Waals surface area contributed by atoms with Crippen LogP contribution in [0.1, 0.15) is 29.5 Å². The molecule has 2 heteroatoms. The summed E-state index contributed by atoms with van der Waals surface area (Å²) in [6, 6.07) is 26.8. The summed E-state index contributed by atoms with van der Waals surface area (Å²) in [5, 5.41) is 9.31. The summed E-state index contributed by atoms with van der Waals surface area (Å²) in [6.45, 7) is 0. The zero-order chi connectivity index (χ0) is 18.7. The molecule has 0 bridgehead atoms. The Kier molecular flexibility index (Phi) is 3.64. The first-order chi connectivity index (χ1) is 13.8. The van der Waals surface area contributed by atoms with E-state index >= 15 is 0 Å². The number of rotatable bonds is 1.